The molecule has 0 amide bonds. The summed E-state index contributed by atoms with van der Waals surface area (Å²) in [5.41, 5.74) is 7.01. The van der Waals surface area contributed by atoms with E-state index in [1.54, 1.807) is 7.11 Å². The van der Waals surface area contributed by atoms with Crippen molar-refractivity contribution in [1.29, 1.82) is 0 Å². The molecule has 156 valence electrons. The van der Waals surface area contributed by atoms with Crippen LogP contribution in [0.3, 0.4) is 0 Å². The van der Waals surface area contributed by atoms with Crippen LogP contribution in [-0.4, -0.2) is 28.4 Å². The van der Waals surface area contributed by atoms with Crippen molar-refractivity contribution in [3.63, 3.8) is 0 Å². The van der Waals surface area contributed by atoms with Gasteiger partial charge in [0.15, 0.2) is 5.11 Å². The Hall–Kier alpha value is -2.70. The Labute approximate surface area is 183 Å². The first-order chi connectivity index (χ1) is 14.5. The molecular formula is C24H28N4OS. The van der Waals surface area contributed by atoms with Crippen molar-refractivity contribution in [2.45, 2.75) is 39.4 Å². The molecule has 1 saturated heterocycles. The maximum Gasteiger partial charge on any atom is 0.174 e. The van der Waals surface area contributed by atoms with Crippen molar-refractivity contribution in [2.75, 3.05) is 18.6 Å². The molecular weight excluding hydrogens is 392 g/mol. The molecule has 1 N–H and O–H groups in total. The third-order valence-electron chi connectivity index (χ3n) is 5.83. The molecule has 2 aromatic heterocycles. The quantitative estimate of drug-likeness (QED) is 0.589. The summed E-state index contributed by atoms with van der Waals surface area (Å²) in [6.45, 7) is 7.96. The third-order valence-corrected chi connectivity index (χ3v) is 6.14. The van der Waals surface area contributed by atoms with E-state index < -0.39 is 0 Å². The first kappa shape index (κ1) is 20.6. The highest BCUT2D eigenvalue weighted by molar-refractivity contribution is 7.80. The van der Waals surface area contributed by atoms with Crippen LogP contribution in [0.2, 0.25) is 0 Å². The zero-order valence-electron chi connectivity index (χ0n) is 17.9. The summed E-state index contributed by atoms with van der Waals surface area (Å²) in [6.07, 6.45) is 1.84. The van der Waals surface area contributed by atoms with Gasteiger partial charge in [-0.2, -0.15) is 0 Å². The molecule has 0 spiro atoms. The van der Waals surface area contributed by atoms with Gasteiger partial charge in [-0.3, -0.25) is 4.98 Å². The molecule has 0 unspecified atom stereocenters. The fourth-order valence-electron chi connectivity index (χ4n) is 4.38. The predicted octanol–water partition coefficient (Wildman–Crippen LogP) is 4.63. The van der Waals surface area contributed by atoms with Crippen LogP contribution in [-0.2, 0) is 11.3 Å². The summed E-state index contributed by atoms with van der Waals surface area (Å²) in [4.78, 5) is 6.89. The second-order valence-electron chi connectivity index (χ2n) is 7.81. The minimum Gasteiger partial charge on any atom is -0.383 e. The highest BCUT2D eigenvalue weighted by Crippen LogP contribution is 2.43. The molecule has 0 radical (unpaired) electrons. The standard InChI is InChI=1S/C24H28N4OS/c1-16-8-7-9-19(14-16)28-23(20-15-17(2)27(18(20)3)12-13-29-4)22(26-24(28)30)21-10-5-6-11-25-21/h5-11,14-15,22-23H,12-13H2,1-4H3,(H,26,30)/t22-,23-/m0/s1. The van der Waals surface area contributed by atoms with Gasteiger partial charge >= 0.3 is 0 Å². The Morgan fingerprint density at radius 3 is 2.63 bits per heavy atom. The van der Waals surface area contributed by atoms with Crippen molar-refractivity contribution in [3.05, 3.63) is 82.9 Å². The van der Waals surface area contributed by atoms with Crippen LogP contribution in [0.5, 0.6) is 0 Å². The number of hydrogen-bond donors (Lipinski definition) is 1. The molecule has 6 heteroatoms. The molecule has 2 atom stereocenters. The van der Waals surface area contributed by atoms with E-state index in [-0.39, 0.29) is 12.1 Å². The number of thiocarbonyl (C=S) groups is 1. The minimum absolute atomic E-state index is 0.0108. The summed E-state index contributed by atoms with van der Waals surface area (Å²) < 4.78 is 7.65. The Kier molecular flexibility index (Phi) is 5.88. The van der Waals surface area contributed by atoms with Gasteiger partial charge in [-0.1, -0.05) is 18.2 Å². The summed E-state index contributed by atoms with van der Waals surface area (Å²) >= 11 is 5.83. The van der Waals surface area contributed by atoms with Crippen LogP contribution in [0.15, 0.2) is 54.7 Å². The highest BCUT2D eigenvalue weighted by atomic mass is 32.1. The molecule has 0 aliphatic carbocycles. The number of pyridine rings is 1. The fourth-order valence-corrected chi connectivity index (χ4v) is 4.73. The lowest BCUT2D eigenvalue weighted by Crippen LogP contribution is -2.29. The topological polar surface area (TPSA) is 42.3 Å². The lowest BCUT2D eigenvalue weighted by atomic mass is 9.96. The molecule has 1 aromatic carbocycles. The number of nitrogens with one attached hydrogen (secondary N) is 1. The average molecular weight is 421 g/mol. The number of hydrogen-bond acceptors (Lipinski definition) is 3. The van der Waals surface area contributed by atoms with Gasteiger partial charge in [0.2, 0.25) is 0 Å². The van der Waals surface area contributed by atoms with Gasteiger partial charge in [0.25, 0.3) is 0 Å². The molecule has 3 aromatic rings. The summed E-state index contributed by atoms with van der Waals surface area (Å²) in [5, 5.41) is 4.27. The molecule has 1 aliphatic heterocycles. The van der Waals surface area contributed by atoms with Crippen molar-refractivity contribution < 1.29 is 4.74 Å². The Morgan fingerprint density at radius 2 is 1.93 bits per heavy atom. The second kappa shape index (κ2) is 8.58. The maximum absolute atomic E-state index is 5.83. The van der Waals surface area contributed by atoms with E-state index in [0.717, 1.165) is 23.0 Å². The van der Waals surface area contributed by atoms with E-state index in [2.05, 4.69) is 76.9 Å². The maximum atomic E-state index is 5.83. The number of anilines is 1. The molecule has 4 rings (SSSR count). The monoisotopic (exact) mass is 420 g/mol. The van der Waals surface area contributed by atoms with Crippen LogP contribution < -0.4 is 10.2 Å². The highest BCUT2D eigenvalue weighted by Gasteiger charge is 2.42. The number of nitrogens with zero attached hydrogens (tertiary/aromatic N) is 3. The largest absolute Gasteiger partial charge is 0.383 e. The summed E-state index contributed by atoms with van der Waals surface area (Å²) in [7, 11) is 1.74. The summed E-state index contributed by atoms with van der Waals surface area (Å²) in [5.74, 6) is 0. The fraction of sp³-hybridized carbons (Fsp3) is 0.333. The third kappa shape index (κ3) is 3.73. The van der Waals surface area contributed by atoms with Crippen LogP contribution in [0.4, 0.5) is 5.69 Å². The van der Waals surface area contributed by atoms with Crippen molar-refractivity contribution in [3.8, 4) is 0 Å². The lowest BCUT2D eigenvalue weighted by Gasteiger charge is -2.28. The van der Waals surface area contributed by atoms with Crippen LogP contribution in [0.1, 0.15) is 40.3 Å². The molecule has 3 heterocycles. The van der Waals surface area contributed by atoms with Crippen molar-refractivity contribution in [1.82, 2.24) is 14.9 Å². The molecule has 1 fully saturated rings. The smallest absolute Gasteiger partial charge is 0.174 e. The van der Waals surface area contributed by atoms with Gasteiger partial charge in [-0.05, 0) is 74.4 Å². The van der Waals surface area contributed by atoms with Crippen LogP contribution in [0, 0.1) is 20.8 Å². The first-order valence-corrected chi connectivity index (χ1v) is 10.6. The zero-order chi connectivity index (χ0) is 21.3. The van der Waals surface area contributed by atoms with Crippen LogP contribution >= 0.6 is 12.2 Å². The number of methoxy groups -OCH3 is 1. The van der Waals surface area contributed by atoms with Gasteiger partial charge in [0, 0.05) is 36.9 Å². The number of ether oxygens (including phenoxy) is 1. The molecule has 1 aliphatic rings. The Balaban J connectivity index is 1.85. The number of aryl methyl sites for hydroxylation is 2. The van der Waals surface area contributed by atoms with Crippen molar-refractivity contribution >= 4 is 23.0 Å². The Bertz CT molecular complexity index is 1050. The van der Waals surface area contributed by atoms with Gasteiger partial charge in [0.1, 0.15) is 0 Å². The zero-order valence-corrected chi connectivity index (χ0v) is 18.7. The minimum atomic E-state index is -0.0319. The first-order valence-electron chi connectivity index (χ1n) is 10.2. The summed E-state index contributed by atoms with van der Waals surface area (Å²) in [6, 6.07) is 16.8. The SMILES string of the molecule is COCCn1c(C)cc([C@H]2[C@H](c3ccccn3)NC(=S)N2c2cccc(C)c2)c1C. The molecule has 0 bridgehead atoms. The van der Waals surface area contributed by atoms with Gasteiger partial charge < -0.3 is 19.5 Å². The van der Waals surface area contributed by atoms with E-state index in [4.69, 9.17) is 17.0 Å². The van der Waals surface area contributed by atoms with E-state index in [9.17, 15) is 0 Å². The number of rotatable bonds is 6. The van der Waals surface area contributed by atoms with Crippen molar-refractivity contribution in [2.24, 2.45) is 0 Å². The Morgan fingerprint density at radius 1 is 1.10 bits per heavy atom. The van der Waals surface area contributed by atoms with Gasteiger partial charge in [-0.15, -0.1) is 0 Å². The van der Waals surface area contributed by atoms with E-state index >= 15 is 0 Å². The van der Waals surface area contributed by atoms with E-state index in [1.165, 1.54) is 22.5 Å². The normalized spacial score (nSPS) is 18.7. The van der Waals surface area contributed by atoms with Gasteiger partial charge in [-0.25, -0.2) is 0 Å². The number of benzene rings is 1. The number of aromatic nitrogens is 2. The predicted molar refractivity (Wildman–Crippen MR) is 125 cm³/mol. The lowest BCUT2D eigenvalue weighted by molar-refractivity contribution is 0.186. The molecule has 0 saturated carbocycles. The van der Waals surface area contributed by atoms with Gasteiger partial charge in [0.05, 0.1) is 24.4 Å². The molecule has 30 heavy (non-hydrogen) atoms. The van der Waals surface area contributed by atoms with Crippen LogP contribution in [0.25, 0.3) is 0 Å². The van der Waals surface area contributed by atoms with E-state index in [0.29, 0.717) is 6.61 Å². The second-order valence-corrected chi connectivity index (χ2v) is 8.19. The molecule has 5 nitrogen and oxygen atoms in total. The average Bonchev–Trinajstić information content (AvgIpc) is 3.23. The van der Waals surface area contributed by atoms with E-state index in [1.807, 2.05) is 18.3 Å².